The fourth-order valence-electron chi connectivity index (χ4n) is 2.09. The molecular formula is C10H13NO3S. The molecule has 2 rings (SSSR count). The molecule has 0 aromatic heterocycles. The lowest BCUT2D eigenvalue weighted by Gasteiger charge is -2.27. The van der Waals surface area contributed by atoms with Crippen molar-refractivity contribution in [3.05, 3.63) is 35.4 Å². The van der Waals surface area contributed by atoms with Crippen LogP contribution in [0.4, 0.5) is 0 Å². The Labute approximate surface area is 88.9 Å². The molecule has 1 aromatic rings. The third kappa shape index (κ3) is 1.90. The molecule has 0 saturated heterocycles. The minimum Gasteiger partial charge on any atom is -0.324 e. The molecule has 82 valence electrons. The molecule has 0 unspecified atom stereocenters. The van der Waals surface area contributed by atoms with Gasteiger partial charge in [0.25, 0.3) is 10.1 Å². The van der Waals surface area contributed by atoms with Crippen molar-refractivity contribution in [2.75, 3.05) is 0 Å². The van der Waals surface area contributed by atoms with Crippen LogP contribution in [0.5, 0.6) is 0 Å². The summed E-state index contributed by atoms with van der Waals surface area (Å²) in [5, 5.41) is -0.812. The fourth-order valence-corrected chi connectivity index (χ4v) is 3.06. The van der Waals surface area contributed by atoms with Gasteiger partial charge in [-0.05, 0) is 24.0 Å². The predicted molar refractivity (Wildman–Crippen MR) is 56.9 cm³/mol. The van der Waals surface area contributed by atoms with Gasteiger partial charge in [0.1, 0.15) is 5.25 Å². The van der Waals surface area contributed by atoms with Crippen LogP contribution in [0.1, 0.15) is 35.3 Å². The van der Waals surface area contributed by atoms with Gasteiger partial charge in [-0.3, -0.25) is 4.55 Å². The highest BCUT2D eigenvalue weighted by atomic mass is 32.2. The summed E-state index contributed by atoms with van der Waals surface area (Å²) in [6.45, 7) is 0. The average Bonchev–Trinajstić information content (AvgIpc) is 2.17. The van der Waals surface area contributed by atoms with E-state index in [1.54, 1.807) is 12.1 Å². The predicted octanol–water partition coefficient (Wildman–Crippen LogP) is 1.41. The molecule has 2 atom stereocenters. The van der Waals surface area contributed by atoms with Crippen LogP contribution in [0, 0.1) is 0 Å². The number of hydrogen-bond donors (Lipinski definition) is 2. The summed E-state index contributed by atoms with van der Waals surface area (Å²) >= 11 is 0. The zero-order valence-electron chi connectivity index (χ0n) is 8.13. The maximum atomic E-state index is 11.2. The van der Waals surface area contributed by atoms with E-state index in [0.717, 1.165) is 5.56 Å². The van der Waals surface area contributed by atoms with Gasteiger partial charge in [0.05, 0.1) is 0 Å². The van der Waals surface area contributed by atoms with E-state index in [9.17, 15) is 8.42 Å². The van der Waals surface area contributed by atoms with Crippen molar-refractivity contribution < 1.29 is 13.0 Å². The highest BCUT2D eigenvalue weighted by molar-refractivity contribution is 7.86. The normalized spacial score (nSPS) is 26.0. The lowest BCUT2D eigenvalue weighted by Crippen LogP contribution is -2.24. The summed E-state index contributed by atoms with van der Waals surface area (Å²) in [6, 6.07) is 6.99. The molecule has 0 saturated carbocycles. The van der Waals surface area contributed by atoms with Crippen molar-refractivity contribution in [2.24, 2.45) is 5.73 Å². The van der Waals surface area contributed by atoms with Gasteiger partial charge >= 0.3 is 0 Å². The molecular weight excluding hydrogens is 214 g/mol. The van der Waals surface area contributed by atoms with Crippen LogP contribution in [0.25, 0.3) is 0 Å². The van der Waals surface area contributed by atoms with Gasteiger partial charge in [-0.15, -0.1) is 0 Å². The van der Waals surface area contributed by atoms with Gasteiger partial charge in [0.15, 0.2) is 0 Å². The standard InChI is InChI=1S/C10H13NO3S/c11-9-5-6-10(15(12,13)14)8-4-2-1-3-7(8)9/h1-4,9-10H,5-6,11H2,(H,12,13,14)/t9-,10+/m1/s1. The van der Waals surface area contributed by atoms with E-state index in [4.69, 9.17) is 10.3 Å². The summed E-state index contributed by atoms with van der Waals surface area (Å²) in [7, 11) is -4.02. The van der Waals surface area contributed by atoms with E-state index in [-0.39, 0.29) is 6.04 Å². The van der Waals surface area contributed by atoms with Crippen LogP contribution in [0.15, 0.2) is 24.3 Å². The van der Waals surface area contributed by atoms with E-state index >= 15 is 0 Å². The van der Waals surface area contributed by atoms with Gasteiger partial charge in [-0.25, -0.2) is 0 Å². The first-order valence-electron chi connectivity index (χ1n) is 4.81. The van der Waals surface area contributed by atoms with Crippen molar-refractivity contribution in [3.8, 4) is 0 Å². The molecule has 0 amide bonds. The van der Waals surface area contributed by atoms with Crippen molar-refractivity contribution >= 4 is 10.1 Å². The van der Waals surface area contributed by atoms with Gasteiger partial charge in [0.2, 0.25) is 0 Å². The molecule has 15 heavy (non-hydrogen) atoms. The zero-order valence-corrected chi connectivity index (χ0v) is 8.94. The number of fused-ring (bicyclic) bond motifs is 1. The summed E-state index contributed by atoms with van der Waals surface area (Å²) in [5.41, 5.74) is 7.34. The lowest BCUT2D eigenvalue weighted by molar-refractivity contribution is 0.448. The second kappa shape index (κ2) is 3.59. The molecule has 0 radical (unpaired) electrons. The number of rotatable bonds is 1. The van der Waals surface area contributed by atoms with Crippen molar-refractivity contribution in [1.82, 2.24) is 0 Å². The Balaban J connectivity index is 2.54. The smallest absolute Gasteiger partial charge is 0.272 e. The van der Waals surface area contributed by atoms with E-state index in [2.05, 4.69) is 0 Å². The quantitative estimate of drug-likeness (QED) is 0.711. The van der Waals surface area contributed by atoms with Crippen molar-refractivity contribution in [2.45, 2.75) is 24.1 Å². The van der Waals surface area contributed by atoms with Gasteiger partial charge in [-0.1, -0.05) is 24.3 Å². The summed E-state index contributed by atoms with van der Waals surface area (Å²) in [5.74, 6) is 0. The van der Waals surface area contributed by atoms with Crippen molar-refractivity contribution in [1.29, 1.82) is 0 Å². The van der Waals surface area contributed by atoms with E-state index in [1.165, 1.54) is 0 Å². The Morgan fingerprint density at radius 2 is 1.80 bits per heavy atom. The molecule has 0 aliphatic heterocycles. The Kier molecular flexibility index (Phi) is 2.54. The molecule has 4 nitrogen and oxygen atoms in total. The summed E-state index contributed by atoms with van der Waals surface area (Å²) in [4.78, 5) is 0. The van der Waals surface area contributed by atoms with Crippen LogP contribution in [-0.2, 0) is 10.1 Å². The second-order valence-electron chi connectivity index (χ2n) is 3.82. The first-order chi connectivity index (χ1) is 7.00. The molecule has 5 heteroatoms. The largest absolute Gasteiger partial charge is 0.324 e. The Morgan fingerprint density at radius 3 is 2.40 bits per heavy atom. The second-order valence-corrected chi connectivity index (χ2v) is 5.42. The average molecular weight is 227 g/mol. The lowest BCUT2D eigenvalue weighted by atomic mass is 9.88. The Bertz CT molecular complexity index is 469. The van der Waals surface area contributed by atoms with Crippen molar-refractivity contribution in [3.63, 3.8) is 0 Å². The molecule has 1 aliphatic carbocycles. The number of hydrogen-bond acceptors (Lipinski definition) is 3. The first-order valence-corrected chi connectivity index (χ1v) is 6.31. The van der Waals surface area contributed by atoms with Gasteiger partial charge in [0, 0.05) is 6.04 Å². The van der Waals surface area contributed by atoms with E-state index in [1.807, 2.05) is 12.1 Å². The summed E-state index contributed by atoms with van der Waals surface area (Å²) < 4.78 is 31.4. The maximum absolute atomic E-state index is 11.2. The Hall–Kier alpha value is -0.910. The highest BCUT2D eigenvalue weighted by Gasteiger charge is 2.32. The van der Waals surface area contributed by atoms with E-state index in [0.29, 0.717) is 18.4 Å². The minimum absolute atomic E-state index is 0.126. The van der Waals surface area contributed by atoms with Gasteiger partial charge in [-0.2, -0.15) is 8.42 Å². The topological polar surface area (TPSA) is 80.4 Å². The fraction of sp³-hybridized carbons (Fsp3) is 0.400. The number of benzene rings is 1. The van der Waals surface area contributed by atoms with Crippen LogP contribution in [0.3, 0.4) is 0 Å². The monoisotopic (exact) mass is 227 g/mol. The first kappa shape index (κ1) is 10.6. The van der Waals surface area contributed by atoms with Gasteiger partial charge < -0.3 is 5.73 Å². The minimum atomic E-state index is -4.02. The van der Waals surface area contributed by atoms with Crippen LogP contribution < -0.4 is 5.73 Å². The molecule has 3 N–H and O–H groups in total. The molecule has 1 aromatic carbocycles. The third-order valence-corrected chi connectivity index (χ3v) is 4.05. The molecule has 0 heterocycles. The zero-order chi connectivity index (χ0) is 11.1. The van der Waals surface area contributed by atoms with Crippen LogP contribution in [0.2, 0.25) is 0 Å². The summed E-state index contributed by atoms with van der Waals surface area (Å²) in [6.07, 6.45) is 0.971. The number of nitrogens with two attached hydrogens (primary N) is 1. The van der Waals surface area contributed by atoms with Crippen LogP contribution in [-0.4, -0.2) is 13.0 Å². The third-order valence-electron chi connectivity index (χ3n) is 2.84. The highest BCUT2D eigenvalue weighted by Crippen LogP contribution is 2.38. The van der Waals surface area contributed by atoms with E-state index < -0.39 is 15.4 Å². The SMILES string of the molecule is N[C@@H]1CC[C@H](S(=O)(=O)O)c2ccccc21. The molecule has 1 aliphatic rings. The molecule has 0 spiro atoms. The molecule has 0 bridgehead atoms. The Morgan fingerprint density at radius 1 is 1.20 bits per heavy atom. The maximum Gasteiger partial charge on any atom is 0.272 e. The van der Waals surface area contributed by atoms with Crippen LogP contribution >= 0.6 is 0 Å². The molecule has 0 fully saturated rings.